The van der Waals surface area contributed by atoms with Crippen LogP contribution in [0.15, 0.2) is 47.3 Å². The number of halogens is 1. The predicted octanol–water partition coefficient (Wildman–Crippen LogP) is 3.96. The number of hydrogen-bond acceptors (Lipinski definition) is 5. The van der Waals surface area contributed by atoms with E-state index in [9.17, 15) is 14.0 Å². The molecule has 8 nitrogen and oxygen atoms in total. The number of benzene rings is 2. The summed E-state index contributed by atoms with van der Waals surface area (Å²) in [6.07, 6.45) is 2.03. The average Bonchev–Trinajstić information content (AvgIpc) is 3.31. The third-order valence-corrected chi connectivity index (χ3v) is 6.68. The lowest BCUT2D eigenvalue weighted by Gasteiger charge is -2.30. The highest BCUT2D eigenvalue weighted by Crippen LogP contribution is 2.33. The minimum absolute atomic E-state index is 0.0913. The third kappa shape index (κ3) is 4.95. The van der Waals surface area contributed by atoms with Crippen molar-refractivity contribution in [3.8, 4) is 11.5 Å². The van der Waals surface area contributed by atoms with Crippen LogP contribution >= 0.6 is 0 Å². The number of rotatable bonds is 6. The van der Waals surface area contributed by atoms with Crippen LogP contribution in [0.4, 0.5) is 14.9 Å². The number of aromatic amines is 1. The number of aromatic nitrogens is 1. The molecule has 184 valence electrons. The molecule has 2 N–H and O–H groups in total. The number of likely N-dealkylation sites (tertiary alicyclic amines) is 1. The Labute approximate surface area is 202 Å². The molecule has 2 aromatic carbocycles. The maximum absolute atomic E-state index is 14.2. The average molecular weight is 481 g/mol. The number of amides is 2. The van der Waals surface area contributed by atoms with Crippen LogP contribution in [-0.4, -0.2) is 59.7 Å². The molecule has 0 unspecified atom stereocenters. The molecule has 35 heavy (non-hydrogen) atoms. The van der Waals surface area contributed by atoms with E-state index in [0.717, 1.165) is 31.3 Å². The van der Waals surface area contributed by atoms with Crippen LogP contribution in [0.1, 0.15) is 25.3 Å². The molecule has 0 bridgehead atoms. The smallest absolute Gasteiger partial charge is 0.322 e. The highest BCUT2D eigenvalue weighted by molar-refractivity contribution is 5.89. The molecule has 5 rings (SSSR count). The van der Waals surface area contributed by atoms with Crippen LogP contribution in [0.3, 0.4) is 0 Å². The van der Waals surface area contributed by atoms with Crippen LogP contribution < -0.4 is 20.3 Å². The number of carbonyl (C=O) groups excluding carboxylic acids is 1. The minimum atomic E-state index is -0.507. The molecule has 0 aliphatic carbocycles. The Morgan fingerprint density at radius 3 is 2.74 bits per heavy atom. The number of likely N-dealkylation sites (N-methyl/N-ethyl adjacent to an activating group) is 1. The lowest BCUT2D eigenvalue weighted by Crippen LogP contribution is -2.45. The summed E-state index contributed by atoms with van der Waals surface area (Å²) in [6.45, 7) is 5.42. The first kappa shape index (κ1) is 23.2. The predicted molar refractivity (Wildman–Crippen MR) is 132 cm³/mol. The first-order valence-electron chi connectivity index (χ1n) is 12.0. The summed E-state index contributed by atoms with van der Waals surface area (Å²) in [5.74, 6) is 0.715. The van der Waals surface area contributed by atoms with E-state index >= 15 is 0 Å². The summed E-state index contributed by atoms with van der Waals surface area (Å²) in [4.78, 5) is 33.1. The number of H-pyrrole nitrogens is 1. The number of hydrogen-bond donors (Lipinski definition) is 2. The fourth-order valence-electron chi connectivity index (χ4n) is 4.86. The Morgan fingerprint density at radius 2 is 1.97 bits per heavy atom. The van der Waals surface area contributed by atoms with E-state index < -0.39 is 11.8 Å². The lowest BCUT2D eigenvalue weighted by atomic mass is 10.1. The zero-order valence-corrected chi connectivity index (χ0v) is 19.7. The van der Waals surface area contributed by atoms with E-state index in [2.05, 4.69) is 22.1 Å². The van der Waals surface area contributed by atoms with Crippen LogP contribution in [-0.2, 0) is 6.54 Å². The van der Waals surface area contributed by atoms with Gasteiger partial charge in [-0.3, -0.25) is 9.69 Å². The van der Waals surface area contributed by atoms with Crippen LogP contribution in [0.2, 0.25) is 0 Å². The van der Waals surface area contributed by atoms with Gasteiger partial charge in [-0.15, -0.1) is 0 Å². The summed E-state index contributed by atoms with van der Waals surface area (Å²) in [5.41, 5.74) is 0.909. The molecule has 2 amide bonds. The fourth-order valence-corrected chi connectivity index (χ4v) is 4.86. The quantitative estimate of drug-likeness (QED) is 0.558. The lowest BCUT2D eigenvalue weighted by molar-refractivity contribution is 0.172. The van der Waals surface area contributed by atoms with Crippen molar-refractivity contribution in [2.45, 2.75) is 32.4 Å². The third-order valence-electron chi connectivity index (χ3n) is 6.68. The van der Waals surface area contributed by atoms with Crippen molar-refractivity contribution in [2.24, 2.45) is 0 Å². The number of pyridine rings is 1. The highest BCUT2D eigenvalue weighted by atomic mass is 19.1. The van der Waals surface area contributed by atoms with Crippen molar-refractivity contribution in [1.29, 1.82) is 0 Å². The van der Waals surface area contributed by atoms with Gasteiger partial charge in [-0.25, -0.2) is 9.18 Å². The molecule has 0 radical (unpaired) electrons. The van der Waals surface area contributed by atoms with Gasteiger partial charge < -0.3 is 24.7 Å². The van der Waals surface area contributed by atoms with Gasteiger partial charge in [0.05, 0.1) is 17.7 Å². The number of carbonyl (C=O) groups is 1. The topological polar surface area (TPSA) is 86.9 Å². The molecular weight excluding hydrogens is 451 g/mol. The van der Waals surface area contributed by atoms with Crippen molar-refractivity contribution >= 4 is 22.6 Å². The molecule has 0 spiro atoms. The Morgan fingerprint density at radius 1 is 1.20 bits per heavy atom. The van der Waals surface area contributed by atoms with Crippen molar-refractivity contribution in [1.82, 2.24) is 14.8 Å². The SMILES string of the molecule is CCN1CCC[C@@H]1CN(Cc1cc2cc3c(cc2[nH]c1=O)OCCO3)C(=O)Nc1ccccc1F. The Balaban J connectivity index is 1.45. The van der Waals surface area contributed by atoms with Gasteiger partial charge in [-0.05, 0) is 50.2 Å². The molecule has 3 heterocycles. The maximum Gasteiger partial charge on any atom is 0.322 e. The van der Waals surface area contributed by atoms with Gasteiger partial charge in [0, 0.05) is 29.6 Å². The largest absolute Gasteiger partial charge is 0.486 e. The van der Waals surface area contributed by atoms with Crippen LogP contribution in [0.25, 0.3) is 10.9 Å². The van der Waals surface area contributed by atoms with Gasteiger partial charge in [0.2, 0.25) is 0 Å². The van der Waals surface area contributed by atoms with Crippen LogP contribution in [0.5, 0.6) is 11.5 Å². The minimum Gasteiger partial charge on any atom is -0.486 e. The molecule has 3 aromatic rings. The van der Waals surface area contributed by atoms with Crippen LogP contribution in [0, 0.1) is 5.82 Å². The Hall–Kier alpha value is -3.59. The molecule has 1 atom stereocenters. The number of urea groups is 1. The second-order valence-corrected chi connectivity index (χ2v) is 8.92. The molecule has 1 fully saturated rings. The van der Waals surface area contributed by atoms with E-state index in [1.54, 1.807) is 29.2 Å². The van der Waals surface area contributed by atoms with Gasteiger partial charge in [0.15, 0.2) is 11.5 Å². The standard InChI is InChI=1S/C26H29FN4O4/c1-2-30-9-5-6-19(30)16-31(26(33)29-21-8-4-3-7-20(21)27)15-18-12-17-13-23-24(35-11-10-34-23)14-22(17)28-25(18)32/h3-4,7-8,12-14,19H,2,5-6,9-11,15-16H2,1H3,(H,28,32)(H,29,33)/t19-/m1/s1. The first-order valence-corrected chi connectivity index (χ1v) is 12.0. The van der Waals surface area contributed by atoms with Gasteiger partial charge in [0.25, 0.3) is 5.56 Å². The van der Waals surface area contributed by atoms with E-state index in [1.807, 2.05) is 6.07 Å². The zero-order chi connectivity index (χ0) is 24.4. The normalized spacial score (nSPS) is 17.5. The van der Waals surface area contributed by atoms with E-state index in [0.29, 0.717) is 42.3 Å². The van der Waals surface area contributed by atoms with Crippen molar-refractivity contribution < 1.29 is 18.7 Å². The zero-order valence-electron chi connectivity index (χ0n) is 19.7. The molecule has 2 aliphatic heterocycles. The summed E-state index contributed by atoms with van der Waals surface area (Å²) in [6, 6.07) is 11.2. The second kappa shape index (κ2) is 9.95. The number of anilines is 1. The van der Waals surface area contributed by atoms with Crippen molar-refractivity contribution in [2.75, 3.05) is 38.2 Å². The van der Waals surface area contributed by atoms with Gasteiger partial charge in [-0.2, -0.15) is 0 Å². The monoisotopic (exact) mass is 480 g/mol. The van der Waals surface area contributed by atoms with Gasteiger partial charge in [-0.1, -0.05) is 19.1 Å². The number of fused-ring (bicyclic) bond motifs is 2. The first-order chi connectivity index (χ1) is 17.0. The Bertz CT molecular complexity index is 1290. The summed E-state index contributed by atoms with van der Waals surface area (Å²) >= 11 is 0. The van der Waals surface area contributed by atoms with Crippen molar-refractivity contribution in [3.05, 3.63) is 64.2 Å². The fraction of sp³-hybridized carbons (Fsp3) is 0.385. The van der Waals surface area contributed by atoms with Gasteiger partial charge >= 0.3 is 6.03 Å². The molecular formula is C26H29FN4O4. The molecule has 1 aromatic heterocycles. The van der Waals surface area contributed by atoms with E-state index in [-0.39, 0.29) is 23.8 Å². The number of nitrogens with zero attached hydrogens (tertiary/aromatic N) is 2. The van der Waals surface area contributed by atoms with E-state index in [1.165, 1.54) is 12.1 Å². The van der Waals surface area contributed by atoms with E-state index in [4.69, 9.17) is 9.47 Å². The number of para-hydroxylation sites is 1. The second-order valence-electron chi connectivity index (χ2n) is 8.92. The summed E-state index contributed by atoms with van der Waals surface area (Å²) in [5, 5.41) is 3.47. The molecule has 2 aliphatic rings. The van der Waals surface area contributed by atoms with Gasteiger partial charge in [0.1, 0.15) is 19.0 Å². The molecule has 0 saturated carbocycles. The number of nitrogens with one attached hydrogen (secondary N) is 2. The summed E-state index contributed by atoms with van der Waals surface area (Å²) < 4.78 is 25.5. The Kier molecular flexibility index (Phi) is 6.59. The van der Waals surface area contributed by atoms with Crippen molar-refractivity contribution in [3.63, 3.8) is 0 Å². The highest BCUT2D eigenvalue weighted by Gasteiger charge is 2.28. The molecule has 1 saturated heterocycles. The number of ether oxygens (including phenoxy) is 2. The maximum atomic E-state index is 14.2. The molecule has 9 heteroatoms. The summed E-state index contributed by atoms with van der Waals surface area (Å²) in [7, 11) is 0.